The third-order valence-corrected chi connectivity index (χ3v) is 5.49. The number of thioether (sulfide) groups is 1. The molecule has 182 valence electrons. The second-order valence-electron chi connectivity index (χ2n) is 7.04. The van der Waals surface area contributed by atoms with E-state index in [1.807, 2.05) is 6.92 Å². The number of hydrogen-bond donors (Lipinski definition) is 2. The van der Waals surface area contributed by atoms with Gasteiger partial charge in [0.1, 0.15) is 18.2 Å². The molecule has 5 nitrogen and oxygen atoms in total. The molecule has 1 aliphatic heterocycles. The lowest BCUT2D eigenvalue weighted by Gasteiger charge is -2.18. The molecule has 0 radical (unpaired) electrons. The number of amides is 1. The molecule has 0 spiro atoms. The maximum Gasteiger partial charge on any atom is 0.416 e. The predicted octanol–water partition coefficient (Wildman–Crippen LogP) is 6.56. The third kappa shape index (κ3) is 6.04. The number of benzene rings is 2. The number of amidine groups is 1. The van der Waals surface area contributed by atoms with Crippen LogP contribution in [0.2, 0.25) is 0 Å². The first-order valence-corrected chi connectivity index (χ1v) is 10.7. The largest absolute Gasteiger partial charge is 0.487 e. The molecule has 3 rings (SSSR count). The number of hydrogen-bond acceptors (Lipinski definition) is 5. The molecule has 2 aromatic carbocycles. The monoisotopic (exact) mass is 503 g/mol. The number of ether oxygens (including phenoxy) is 1. The van der Waals surface area contributed by atoms with Crippen molar-refractivity contribution < 1.29 is 35.9 Å². The molecule has 12 heteroatoms. The molecule has 1 fully saturated rings. The molecular weight excluding hydrogens is 484 g/mol. The summed E-state index contributed by atoms with van der Waals surface area (Å²) in [5.41, 5.74) is -2.08. The molecule has 2 aromatic rings. The van der Waals surface area contributed by atoms with Gasteiger partial charge >= 0.3 is 12.4 Å². The van der Waals surface area contributed by atoms with E-state index in [2.05, 4.69) is 15.6 Å². The Morgan fingerprint density at radius 1 is 1.09 bits per heavy atom. The van der Waals surface area contributed by atoms with Gasteiger partial charge in [-0.25, -0.2) is 0 Å². The Morgan fingerprint density at radius 3 is 2.44 bits per heavy atom. The summed E-state index contributed by atoms with van der Waals surface area (Å²) in [5.74, 6) is 0.636. The van der Waals surface area contributed by atoms with E-state index in [0.29, 0.717) is 34.6 Å². The van der Waals surface area contributed by atoms with Crippen LogP contribution < -0.4 is 15.4 Å². The lowest BCUT2D eigenvalue weighted by Crippen LogP contribution is -2.18. The van der Waals surface area contributed by atoms with Crippen LogP contribution in [-0.4, -0.2) is 24.7 Å². The van der Waals surface area contributed by atoms with Gasteiger partial charge in [-0.15, -0.1) is 0 Å². The van der Waals surface area contributed by atoms with E-state index >= 15 is 0 Å². The predicted molar refractivity (Wildman–Crippen MR) is 119 cm³/mol. The van der Waals surface area contributed by atoms with Gasteiger partial charge in [0.05, 0.1) is 21.7 Å². The van der Waals surface area contributed by atoms with Gasteiger partial charge in [-0.1, -0.05) is 12.1 Å². The minimum Gasteiger partial charge on any atom is -0.487 e. The molecule has 0 bridgehead atoms. The van der Waals surface area contributed by atoms with Crippen molar-refractivity contribution in [2.75, 3.05) is 18.9 Å². The van der Waals surface area contributed by atoms with Crippen LogP contribution in [0.25, 0.3) is 6.08 Å². The summed E-state index contributed by atoms with van der Waals surface area (Å²) in [6.07, 6.45) is -8.17. The maximum absolute atomic E-state index is 13.4. The third-order valence-electron chi connectivity index (χ3n) is 4.67. The fourth-order valence-corrected chi connectivity index (χ4v) is 3.92. The van der Waals surface area contributed by atoms with Crippen molar-refractivity contribution in [2.24, 2.45) is 4.99 Å². The Kier molecular flexibility index (Phi) is 7.49. The molecule has 34 heavy (non-hydrogen) atoms. The van der Waals surface area contributed by atoms with Crippen molar-refractivity contribution >= 4 is 34.6 Å². The van der Waals surface area contributed by atoms with Crippen molar-refractivity contribution in [3.8, 4) is 5.75 Å². The first-order chi connectivity index (χ1) is 15.9. The van der Waals surface area contributed by atoms with E-state index in [1.54, 1.807) is 18.2 Å². The van der Waals surface area contributed by atoms with Gasteiger partial charge in [0.15, 0.2) is 0 Å². The number of aliphatic imine (C=N–C) groups is 1. The molecule has 0 aliphatic carbocycles. The first-order valence-electron chi connectivity index (χ1n) is 9.88. The van der Waals surface area contributed by atoms with Gasteiger partial charge in [-0.2, -0.15) is 26.3 Å². The average Bonchev–Trinajstić information content (AvgIpc) is 3.11. The van der Waals surface area contributed by atoms with Gasteiger partial charge in [-0.05, 0) is 54.6 Å². The number of nitrogens with one attached hydrogen (secondary N) is 2. The Labute approximate surface area is 195 Å². The second kappa shape index (κ2) is 10.00. The number of carbonyl (C=O) groups is 1. The smallest absolute Gasteiger partial charge is 0.416 e. The highest BCUT2D eigenvalue weighted by molar-refractivity contribution is 8.18. The van der Waals surface area contributed by atoms with Crippen molar-refractivity contribution in [1.82, 2.24) is 5.32 Å². The van der Waals surface area contributed by atoms with Crippen molar-refractivity contribution in [1.29, 1.82) is 0 Å². The zero-order valence-corrected chi connectivity index (χ0v) is 18.7. The molecule has 0 unspecified atom stereocenters. The summed E-state index contributed by atoms with van der Waals surface area (Å²) in [5, 5.41) is 5.37. The number of halogens is 6. The van der Waals surface area contributed by atoms with Gasteiger partial charge in [0.2, 0.25) is 0 Å². The van der Waals surface area contributed by atoms with Gasteiger partial charge in [-0.3, -0.25) is 9.79 Å². The van der Waals surface area contributed by atoms with E-state index < -0.39 is 35.6 Å². The van der Waals surface area contributed by atoms with Crippen LogP contribution in [0.1, 0.15) is 29.2 Å². The molecule has 2 N–H and O–H groups in total. The van der Waals surface area contributed by atoms with Crippen LogP contribution in [0.15, 0.2) is 46.3 Å². The Bertz CT molecular complexity index is 1140. The highest BCUT2D eigenvalue weighted by atomic mass is 32.2. The Morgan fingerprint density at radius 2 is 1.82 bits per heavy atom. The van der Waals surface area contributed by atoms with E-state index in [1.165, 1.54) is 13.1 Å². The molecule has 1 heterocycles. The summed E-state index contributed by atoms with van der Waals surface area (Å²) < 4.78 is 84.4. The zero-order chi connectivity index (χ0) is 25.1. The zero-order valence-electron chi connectivity index (χ0n) is 17.9. The van der Waals surface area contributed by atoms with Gasteiger partial charge in [0.25, 0.3) is 5.24 Å². The lowest BCUT2D eigenvalue weighted by atomic mass is 10.0. The van der Waals surface area contributed by atoms with Gasteiger partial charge < -0.3 is 15.4 Å². The van der Waals surface area contributed by atoms with E-state index in [4.69, 9.17) is 4.74 Å². The van der Waals surface area contributed by atoms with Crippen LogP contribution in [-0.2, 0) is 19.0 Å². The first kappa shape index (κ1) is 25.5. The number of carbonyl (C=O) groups excluding carboxylic acids is 1. The summed E-state index contributed by atoms with van der Waals surface area (Å²) in [4.78, 5) is 16.2. The van der Waals surface area contributed by atoms with E-state index in [-0.39, 0.29) is 17.1 Å². The fourth-order valence-electron chi connectivity index (χ4n) is 3.14. The molecule has 1 aliphatic rings. The lowest BCUT2D eigenvalue weighted by molar-refractivity contribution is -0.143. The van der Waals surface area contributed by atoms with Crippen LogP contribution in [0.3, 0.4) is 0 Å². The molecular formula is C22H19F6N3O2S. The molecule has 1 saturated heterocycles. The average molecular weight is 503 g/mol. The highest BCUT2D eigenvalue weighted by Crippen LogP contribution is 2.38. The van der Waals surface area contributed by atoms with Gasteiger partial charge in [0, 0.05) is 19.2 Å². The van der Waals surface area contributed by atoms with Crippen LogP contribution in [0.5, 0.6) is 5.75 Å². The van der Waals surface area contributed by atoms with Crippen LogP contribution in [0, 0.1) is 0 Å². The highest BCUT2D eigenvalue weighted by Gasteiger charge is 2.38. The van der Waals surface area contributed by atoms with Crippen molar-refractivity contribution in [3.63, 3.8) is 0 Å². The number of alkyl halides is 6. The number of nitrogens with zero attached hydrogens (tertiary/aromatic N) is 1. The van der Waals surface area contributed by atoms with E-state index in [0.717, 1.165) is 17.8 Å². The standard InChI is InChI=1S/C22H19F6N3O2S/c1-3-30-16-8-12(9-18-19(29-2)31-20(32)34-18)4-7-17(16)33-11-13-5-6-14(21(23,24)25)10-15(13)22(26,27)28/h4-10,30H,3,11H2,1-2H3,(H,29,31,32)/b18-9-. The molecule has 0 aromatic heterocycles. The summed E-state index contributed by atoms with van der Waals surface area (Å²) in [6, 6.07) is 6.29. The normalized spacial score (nSPS) is 16.8. The van der Waals surface area contributed by atoms with E-state index in [9.17, 15) is 31.1 Å². The summed E-state index contributed by atoms with van der Waals surface area (Å²) in [6.45, 7) is 1.69. The van der Waals surface area contributed by atoms with Crippen LogP contribution >= 0.6 is 11.8 Å². The number of rotatable bonds is 6. The number of anilines is 1. The maximum atomic E-state index is 13.4. The summed E-state index contributed by atoms with van der Waals surface area (Å²) in [7, 11) is 1.53. The minimum atomic E-state index is -4.98. The topological polar surface area (TPSA) is 62.7 Å². The summed E-state index contributed by atoms with van der Waals surface area (Å²) >= 11 is 0.973. The Hall–Kier alpha value is -3.15. The van der Waals surface area contributed by atoms with Crippen LogP contribution in [0.4, 0.5) is 36.8 Å². The quantitative estimate of drug-likeness (QED) is 0.439. The molecule has 0 saturated carbocycles. The molecule has 0 atom stereocenters. The van der Waals surface area contributed by atoms with Crippen molar-refractivity contribution in [3.05, 3.63) is 63.6 Å². The minimum absolute atomic E-state index is 0.0840. The Balaban J connectivity index is 1.88. The SMILES string of the molecule is CCNc1cc(/C=C2\SC(=O)NC2=NC)ccc1OCc1ccc(C(F)(F)F)cc1C(F)(F)F. The van der Waals surface area contributed by atoms with Crippen molar-refractivity contribution in [2.45, 2.75) is 25.9 Å². The molecule has 1 amide bonds. The fraction of sp³-hybridized carbons (Fsp3) is 0.273. The second-order valence-corrected chi connectivity index (χ2v) is 8.05.